The summed E-state index contributed by atoms with van der Waals surface area (Å²) in [6, 6.07) is 15.0. The first-order valence-corrected chi connectivity index (χ1v) is 8.70. The number of ether oxygens (including phenoxy) is 2. The lowest BCUT2D eigenvalue weighted by Gasteiger charge is -2.09. The molecule has 9 heteroatoms. The Bertz CT molecular complexity index is 870. The average Bonchev–Trinajstić information content (AvgIpc) is 2.75. The van der Waals surface area contributed by atoms with E-state index < -0.39 is 30.9 Å². The van der Waals surface area contributed by atoms with Gasteiger partial charge in [-0.3, -0.25) is 19.2 Å². The normalized spacial score (nSPS) is 9.83. The van der Waals surface area contributed by atoms with Crippen LogP contribution in [0.25, 0.3) is 0 Å². The van der Waals surface area contributed by atoms with Crippen molar-refractivity contribution in [2.75, 3.05) is 32.1 Å². The Morgan fingerprint density at radius 2 is 1.66 bits per heavy atom. The van der Waals surface area contributed by atoms with Crippen molar-refractivity contribution in [2.45, 2.75) is 0 Å². The molecule has 2 aromatic rings. The minimum absolute atomic E-state index is 0.251. The molecule has 0 atom stereocenters. The van der Waals surface area contributed by atoms with Crippen LogP contribution in [0.2, 0.25) is 0 Å². The zero-order chi connectivity index (χ0) is 21.1. The van der Waals surface area contributed by atoms with Gasteiger partial charge in [0.2, 0.25) is 0 Å². The molecule has 152 valence electrons. The van der Waals surface area contributed by atoms with Crippen molar-refractivity contribution in [2.24, 2.45) is 0 Å². The van der Waals surface area contributed by atoms with Gasteiger partial charge in [-0.2, -0.15) is 0 Å². The number of benzene rings is 2. The minimum Gasteiger partial charge on any atom is -0.484 e. The first-order valence-electron chi connectivity index (χ1n) is 8.70. The van der Waals surface area contributed by atoms with Gasteiger partial charge in [-0.05, 0) is 30.3 Å². The number of nitrogens with one attached hydrogen (secondary N) is 3. The molecule has 0 heterocycles. The van der Waals surface area contributed by atoms with Crippen molar-refractivity contribution in [1.82, 2.24) is 10.6 Å². The molecule has 29 heavy (non-hydrogen) atoms. The summed E-state index contributed by atoms with van der Waals surface area (Å²) in [4.78, 5) is 46.8. The predicted octanol–water partition coefficient (Wildman–Crippen LogP) is 0.723. The monoisotopic (exact) mass is 399 g/mol. The third-order valence-electron chi connectivity index (χ3n) is 3.54. The molecule has 0 aliphatic rings. The second-order valence-corrected chi connectivity index (χ2v) is 5.75. The minimum atomic E-state index is -0.771. The first-order chi connectivity index (χ1) is 14.0. The first kappa shape index (κ1) is 21.4. The summed E-state index contributed by atoms with van der Waals surface area (Å²) in [5.74, 6) is -1.61. The van der Waals surface area contributed by atoms with E-state index in [0.717, 1.165) is 0 Å². The molecule has 3 amide bonds. The largest absolute Gasteiger partial charge is 0.484 e. The molecule has 0 aromatic heterocycles. The molecule has 3 N–H and O–H groups in total. The van der Waals surface area contributed by atoms with Gasteiger partial charge >= 0.3 is 5.97 Å². The van der Waals surface area contributed by atoms with Gasteiger partial charge < -0.3 is 25.4 Å². The van der Waals surface area contributed by atoms with Crippen molar-refractivity contribution in [3.05, 3.63) is 60.2 Å². The quantitative estimate of drug-likeness (QED) is 0.534. The molecule has 0 aliphatic carbocycles. The van der Waals surface area contributed by atoms with Gasteiger partial charge in [0.05, 0.1) is 0 Å². The van der Waals surface area contributed by atoms with Crippen LogP contribution in [0.1, 0.15) is 10.4 Å². The van der Waals surface area contributed by atoms with Crippen LogP contribution in [0.5, 0.6) is 5.75 Å². The van der Waals surface area contributed by atoms with E-state index in [0.29, 0.717) is 17.0 Å². The maximum Gasteiger partial charge on any atom is 0.325 e. The molecular weight excluding hydrogens is 378 g/mol. The fourth-order valence-electron chi connectivity index (χ4n) is 2.16. The molecule has 0 aliphatic heterocycles. The Hall–Kier alpha value is -3.88. The van der Waals surface area contributed by atoms with Crippen LogP contribution in [0.4, 0.5) is 5.69 Å². The van der Waals surface area contributed by atoms with Crippen molar-refractivity contribution in [1.29, 1.82) is 0 Å². The molecule has 0 unspecified atom stereocenters. The summed E-state index contributed by atoms with van der Waals surface area (Å²) >= 11 is 0. The van der Waals surface area contributed by atoms with Crippen LogP contribution in [0.3, 0.4) is 0 Å². The molecule has 0 saturated carbocycles. The van der Waals surface area contributed by atoms with Crippen molar-refractivity contribution >= 4 is 29.4 Å². The summed E-state index contributed by atoms with van der Waals surface area (Å²) in [5.41, 5.74) is 0.765. The van der Waals surface area contributed by atoms with E-state index in [1.54, 1.807) is 42.5 Å². The van der Waals surface area contributed by atoms with Crippen LogP contribution in [-0.2, 0) is 19.1 Å². The van der Waals surface area contributed by atoms with Gasteiger partial charge in [0.25, 0.3) is 17.7 Å². The highest BCUT2D eigenvalue weighted by Crippen LogP contribution is 2.10. The maximum absolute atomic E-state index is 11.9. The molecule has 2 rings (SSSR count). The van der Waals surface area contributed by atoms with E-state index in [-0.39, 0.29) is 12.5 Å². The third-order valence-corrected chi connectivity index (χ3v) is 3.54. The lowest BCUT2D eigenvalue weighted by molar-refractivity contribution is -0.147. The standard InChI is InChI=1S/C20H21N3O6/c1-21-20(27)14-6-5-7-15(10-14)23-18(25)13-29-19(26)11-22-17(24)12-28-16-8-3-2-4-9-16/h2-10H,11-13H2,1H3,(H,21,27)(H,22,24)(H,23,25). The lowest BCUT2D eigenvalue weighted by Crippen LogP contribution is -2.35. The predicted molar refractivity (Wildman–Crippen MR) is 104 cm³/mol. The molecule has 0 bridgehead atoms. The lowest BCUT2D eigenvalue weighted by atomic mass is 10.2. The SMILES string of the molecule is CNC(=O)c1cccc(NC(=O)COC(=O)CNC(=O)COc2ccccc2)c1. The van der Waals surface area contributed by atoms with Crippen LogP contribution >= 0.6 is 0 Å². The van der Waals surface area contributed by atoms with E-state index in [2.05, 4.69) is 16.0 Å². The summed E-state index contributed by atoms with van der Waals surface area (Å²) in [6.07, 6.45) is 0. The van der Waals surface area contributed by atoms with Crippen molar-refractivity contribution < 1.29 is 28.7 Å². The number of para-hydroxylation sites is 1. The van der Waals surface area contributed by atoms with E-state index in [1.807, 2.05) is 6.07 Å². The van der Waals surface area contributed by atoms with Crippen LogP contribution in [-0.4, -0.2) is 50.5 Å². The smallest absolute Gasteiger partial charge is 0.325 e. The Morgan fingerprint density at radius 3 is 2.38 bits per heavy atom. The highest BCUT2D eigenvalue weighted by Gasteiger charge is 2.11. The Balaban J connectivity index is 1.67. The van der Waals surface area contributed by atoms with Gasteiger partial charge in [0.15, 0.2) is 13.2 Å². The van der Waals surface area contributed by atoms with E-state index in [4.69, 9.17) is 9.47 Å². The van der Waals surface area contributed by atoms with Gasteiger partial charge in [-0.25, -0.2) is 0 Å². The number of anilines is 1. The Kier molecular flexibility index (Phi) is 8.18. The molecule has 0 spiro atoms. The number of carbonyl (C=O) groups excluding carboxylic acids is 4. The summed E-state index contributed by atoms with van der Waals surface area (Å²) in [7, 11) is 1.50. The number of rotatable bonds is 9. The number of hydrogen-bond donors (Lipinski definition) is 3. The number of hydrogen-bond acceptors (Lipinski definition) is 6. The highest BCUT2D eigenvalue weighted by molar-refractivity contribution is 5.97. The van der Waals surface area contributed by atoms with Crippen molar-refractivity contribution in [3.63, 3.8) is 0 Å². The maximum atomic E-state index is 11.9. The third kappa shape index (κ3) is 7.71. The summed E-state index contributed by atoms with van der Waals surface area (Å²) in [6.45, 7) is -1.17. The molecule has 0 radical (unpaired) electrons. The Labute approximate surface area is 167 Å². The second-order valence-electron chi connectivity index (χ2n) is 5.75. The van der Waals surface area contributed by atoms with Gasteiger partial charge in [0.1, 0.15) is 12.3 Å². The second kappa shape index (κ2) is 11.1. The zero-order valence-electron chi connectivity index (χ0n) is 15.8. The molecule has 0 saturated heterocycles. The average molecular weight is 399 g/mol. The van der Waals surface area contributed by atoms with Gasteiger partial charge in [0, 0.05) is 18.3 Å². The molecular formula is C20H21N3O6. The molecule has 9 nitrogen and oxygen atoms in total. The molecule has 0 fully saturated rings. The topological polar surface area (TPSA) is 123 Å². The fraction of sp³-hybridized carbons (Fsp3) is 0.200. The van der Waals surface area contributed by atoms with Crippen LogP contribution in [0.15, 0.2) is 54.6 Å². The molecule has 2 aromatic carbocycles. The van der Waals surface area contributed by atoms with E-state index in [9.17, 15) is 19.2 Å². The fourth-order valence-corrected chi connectivity index (χ4v) is 2.16. The summed E-state index contributed by atoms with van der Waals surface area (Å²) < 4.78 is 10.0. The number of amides is 3. The van der Waals surface area contributed by atoms with E-state index >= 15 is 0 Å². The van der Waals surface area contributed by atoms with Crippen molar-refractivity contribution in [3.8, 4) is 5.75 Å². The Morgan fingerprint density at radius 1 is 0.897 bits per heavy atom. The van der Waals surface area contributed by atoms with E-state index in [1.165, 1.54) is 13.1 Å². The van der Waals surface area contributed by atoms with Crippen LogP contribution < -0.4 is 20.7 Å². The number of carbonyl (C=O) groups is 4. The van der Waals surface area contributed by atoms with Gasteiger partial charge in [-0.1, -0.05) is 24.3 Å². The summed E-state index contributed by atoms with van der Waals surface area (Å²) in [5, 5.41) is 7.33. The number of esters is 1. The zero-order valence-corrected chi connectivity index (χ0v) is 15.8. The van der Waals surface area contributed by atoms with Gasteiger partial charge in [-0.15, -0.1) is 0 Å². The highest BCUT2D eigenvalue weighted by atomic mass is 16.5. The van der Waals surface area contributed by atoms with Crippen LogP contribution in [0, 0.1) is 0 Å².